The molecule has 5 heteroatoms. The molecule has 0 saturated heterocycles. The van der Waals surface area contributed by atoms with E-state index in [-0.39, 0.29) is 5.78 Å². The van der Waals surface area contributed by atoms with Crippen molar-refractivity contribution in [3.8, 4) is 0 Å². The van der Waals surface area contributed by atoms with Crippen LogP contribution < -0.4 is 16.8 Å². The molecule has 0 heterocycles. The average Bonchev–Trinajstić information content (AvgIpc) is 2.75. The van der Waals surface area contributed by atoms with Crippen LogP contribution in [-0.2, 0) is 6.54 Å². The number of carbonyl (C=O) groups is 1. The minimum atomic E-state index is -0.558. The molecule has 0 unspecified atom stereocenters. The number of halogens is 1. The molecule has 0 fully saturated rings. The van der Waals surface area contributed by atoms with E-state index in [1.165, 1.54) is 0 Å². The lowest BCUT2D eigenvalue weighted by Gasteiger charge is -2.18. The van der Waals surface area contributed by atoms with Crippen LogP contribution in [0.25, 0.3) is 21.5 Å². The average molecular weight is 410 g/mol. The second-order valence-corrected chi connectivity index (χ2v) is 7.62. The van der Waals surface area contributed by atoms with Crippen molar-refractivity contribution in [2.45, 2.75) is 31.8 Å². The summed E-state index contributed by atoms with van der Waals surface area (Å²) < 4.78 is 0. The molecule has 0 radical (unpaired) electrons. The lowest BCUT2D eigenvalue weighted by molar-refractivity contribution is 0.0957. The molecule has 0 aromatic heterocycles. The van der Waals surface area contributed by atoms with Gasteiger partial charge in [-0.2, -0.15) is 0 Å². The summed E-state index contributed by atoms with van der Waals surface area (Å²) in [5.74, 6) is -0.0743. The summed E-state index contributed by atoms with van der Waals surface area (Å²) in [7, 11) is 0. The van der Waals surface area contributed by atoms with E-state index in [9.17, 15) is 4.79 Å². The Morgan fingerprint density at radius 3 is 2.55 bits per heavy atom. The summed E-state index contributed by atoms with van der Waals surface area (Å²) in [6.45, 7) is 5.72. The van der Waals surface area contributed by atoms with Gasteiger partial charge in [-0.3, -0.25) is 4.79 Å². The van der Waals surface area contributed by atoms with Crippen LogP contribution in [-0.4, -0.2) is 24.9 Å². The normalized spacial score (nSPS) is 12.4. The lowest BCUT2D eigenvalue weighted by Crippen LogP contribution is -2.30. The number of carbonyl (C=O) groups excluding carboxylic acids is 1. The maximum atomic E-state index is 13.2. The number of nitrogens with one attached hydrogen (secondary N) is 1. The first-order chi connectivity index (χ1) is 14.1. The fourth-order valence-electron chi connectivity index (χ4n) is 3.79. The summed E-state index contributed by atoms with van der Waals surface area (Å²) in [6.07, 6.45) is 4.14. The molecule has 4 nitrogen and oxygen atoms in total. The van der Waals surface area contributed by atoms with Gasteiger partial charge in [0.05, 0.1) is 11.1 Å². The Morgan fingerprint density at radius 2 is 1.83 bits per heavy atom. The van der Waals surface area contributed by atoms with E-state index in [0.717, 1.165) is 39.9 Å². The number of rotatable bonds is 10. The van der Waals surface area contributed by atoms with Crippen LogP contribution in [0.4, 0.5) is 0 Å². The van der Waals surface area contributed by atoms with E-state index in [1.54, 1.807) is 0 Å². The van der Waals surface area contributed by atoms with Gasteiger partial charge < -0.3 is 16.8 Å². The number of unbranched alkanes of at least 4 members (excludes halogenated alkanes) is 1. The van der Waals surface area contributed by atoms with E-state index in [2.05, 4.69) is 18.0 Å². The highest BCUT2D eigenvalue weighted by atomic mass is 35.5. The third-order valence-corrected chi connectivity index (χ3v) is 5.65. The molecule has 0 aliphatic rings. The van der Waals surface area contributed by atoms with Crippen molar-refractivity contribution in [3.05, 3.63) is 71.3 Å². The summed E-state index contributed by atoms with van der Waals surface area (Å²) in [5.41, 5.74) is 13.5. The van der Waals surface area contributed by atoms with Crippen molar-refractivity contribution >= 4 is 38.9 Å². The molecule has 29 heavy (non-hydrogen) atoms. The fourth-order valence-corrected chi connectivity index (χ4v) is 4.16. The zero-order valence-corrected chi connectivity index (χ0v) is 17.3. The molecule has 3 aromatic carbocycles. The van der Waals surface area contributed by atoms with Crippen molar-refractivity contribution in [1.29, 1.82) is 0 Å². The maximum absolute atomic E-state index is 13.2. The SMILES string of the molecule is C=CCNCc1c2ccccc2c(Cl)c2c(C(=O)[C@@H](N)CCCCN)cccc12. The number of hydrogen-bond donors (Lipinski definition) is 3. The van der Waals surface area contributed by atoms with Gasteiger partial charge in [0, 0.05) is 29.4 Å². The summed E-state index contributed by atoms with van der Waals surface area (Å²) in [5, 5.41) is 7.75. The van der Waals surface area contributed by atoms with Crippen molar-refractivity contribution in [2.24, 2.45) is 11.5 Å². The van der Waals surface area contributed by atoms with Crippen LogP contribution in [0.15, 0.2) is 55.1 Å². The minimum Gasteiger partial charge on any atom is -0.330 e. The van der Waals surface area contributed by atoms with E-state index < -0.39 is 6.04 Å². The monoisotopic (exact) mass is 409 g/mol. The Balaban J connectivity index is 2.16. The number of Topliss-reactive ketones (excluding diaryl/α,β-unsaturated/α-hetero) is 1. The van der Waals surface area contributed by atoms with Crippen LogP contribution in [0.2, 0.25) is 5.02 Å². The molecule has 0 aliphatic carbocycles. The van der Waals surface area contributed by atoms with Gasteiger partial charge in [-0.05, 0) is 35.7 Å². The second kappa shape index (κ2) is 9.99. The van der Waals surface area contributed by atoms with Crippen LogP contribution in [0.3, 0.4) is 0 Å². The highest BCUT2D eigenvalue weighted by Crippen LogP contribution is 2.38. The topological polar surface area (TPSA) is 81.1 Å². The number of hydrogen-bond acceptors (Lipinski definition) is 4. The van der Waals surface area contributed by atoms with E-state index in [4.69, 9.17) is 23.1 Å². The second-order valence-electron chi connectivity index (χ2n) is 7.24. The molecule has 0 saturated carbocycles. The molecule has 3 aromatic rings. The number of nitrogens with two attached hydrogens (primary N) is 2. The lowest BCUT2D eigenvalue weighted by atomic mass is 9.90. The Labute approximate surface area is 176 Å². The van der Waals surface area contributed by atoms with Gasteiger partial charge in [-0.25, -0.2) is 0 Å². The predicted molar refractivity (Wildman–Crippen MR) is 124 cm³/mol. The quantitative estimate of drug-likeness (QED) is 0.198. The summed E-state index contributed by atoms with van der Waals surface area (Å²) >= 11 is 6.84. The zero-order chi connectivity index (χ0) is 20.8. The Bertz CT molecular complexity index is 1030. The summed E-state index contributed by atoms with van der Waals surface area (Å²) in [4.78, 5) is 13.2. The highest BCUT2D eigenvalue weighted by Gasteiger charge is 2.22. The smallest absolute Gasteiger partial charge is 0.180 e. The first kappa shape index (κ1) is 21.5. The standard InChI is InChI=1S/C24H28ClN3O/c1-2-14-28-15-20-16-8-3-4-9-18(16)23(25)22-17(20)10-7-11-19(22)24(29)21(27)12-5-6-13-26/h2-4,7-11,21,28H,1,5-6,12-15,26-27H2/t21-/m0/s1. The Hall–Kier alpha value is -2.24. The fraction of sp³-hybridized carbons (Fsp3) is 0.292. The van der Waals surface area contributed by atoms with Gasteiger partial charge in [-0.15, -0.1) is 6.58 Å². The number of ketones is 1. The first-order valence-electron chi connectivity index (χ1n) is 10.0. The van der Waals surface area contributed by atoms with Gasteiger partial charge in [-0.1, -0.05) is 66.6 Å². The molecule has 3 rings (SSSR count). The largest absolute Gasteiger partial charge is 0.330 e. The van der Waals surface area contributed by atoms with E-state index in [0.29, 0.717) is 36.6 Å². The van der Waals surface area contributed by atoms with Crippen LogP contribution in [0.5, 0.6) is 0 Å². The van der Waals surface area contributed by atoms with E-state index in [1.807, 2.05) is 42.5 Å². The van der Waals surface area contributed by atoms with Gasteiger partial charge in [0.15, 0.2) is 5.78 Å². The number of benzene rings is 3. The Kier molecular flexibility index (Phi) is 7.40. The summed E-state index contributed by atoms with van der Waals surface area (Å²) in [6, 6.07) is 13.2. The van der Waals surface area contributed by atoms with Gasteiger partial charge in [0.1, 0.15) is 0 Å². The van der Waals surface area contributed by atoms with E-state index >= 15 is 0 Å². The van der Waals surface area contributed by atoms with Crippen LogP contribution in [0, 0.1) is 0 Å². The predicted octanol–water partition coefficient (Wildman–Crippen LogP) is 4.56. The van der Waals surface area contributed by atoms with Crippen molar-refractivity contribution in [2.75, 3.05) is 13.1 Å². The van der Waals surface area contributed by atoms with Crippen LogP contribution >= 0.6 is 11.6 Å². The van der Waals surface area contributed by atoms with Gasteiger partial charge in [0.25, 0.3) is 0 Å². The van der Waals surface area contributed by atoms with Crippen molar-refractivity contribution in [1.82, 2.24) is 5.32 Å². The van der Waals surface area contributed by atoms with Gasteiger partial charge in [0.2, 0.25) is 0 Å². The molecule has 152 valence electrons. The van der Waals surface area contributed by atoms with Crippen molar-refractivity contribution < 1.29 is 4.79 Å². The molecular weight excluding hydrogens is 382 g/mol. The van der Waals surface area contributed by atoms with Gasteiger partial charge >= 0.3 is 0 Å². The minimum absolute atomic E-state index is 0.0743. The molecule has 1 atom stereocenters. The first-order valence-corrected chi connectivity index (χ1v) is 10.4. The third-order valence-electron chi connectivity index (χ3n) is 5.26. The third kappa shape index (κ3) is 4.51. The highest BCUT2D eigenvalue weighted by molar-refractivity contribution is 6.42. The molecule has 5 N–H and O–H groups in total. The molecule has 0 amide bonds. The molecular formula is C24H28ClN3O. The number of fused-ring (bicyclic) bond motifs is 2. The molecule has 0 spiro atoms. The van der Waals surface area contributed by atoms with Crippen LogP contribution in [0.1, 0.15) is 35.2 Å². The zero-order valence-electron chi connectivity index (χ0n) is 16.6. The molecule has 0 bridgehead atoms. The van der Waals surface area contributed by atoms with Crippen molar-refractivity contribution in [3.63, 3.8) is 0 Å². The molecule has 0 aliphatic heterocycles. The Morgan fingerprint density at radius 1 is 1.10 bits per heavy atom. The maximum Gasteiger partial charge on any atom is 0.180 e.